The van der Waals surface area contributed by atoms with Crippen molar-refractivity contribution in [2.45, 2.75) is 44.3 Å². The summed E-state index contributed by atoms with van der Waals surface area (Å²) in [5, 5.41) is 21.6. The van der Waals surface area contributed by atoms with Gasteiger partial charge in [-0.1, -0.05) is 19.3 Å². The fourth-order valence-corrected chi connectivity index (χ4v) is 2.62. The third kappa shape index (κ3) is 3.77. The van der Waals surface area contributed by atoms with E-state index in [1.807, 2.05) is 0 Å². The molecular formula is C15H19F2NO3. The lowest BCUT2D eigenvalue weighted by Crippen LogP contribution is -2.44. The second kappa shape index (κ2) is 6.49. The van der Waals surface area contributed by atoms with Crippen LogP contribution in [0, 0.1) is 11.6 Å². The zero-order chi connectivity index (χ0) is 15.5. The third-order valence-corrected chi connectivity index (χ3v) is 3.92. The first-order chi connectivity index (χ1) is 9.95. The van der Waals surface area contributed by atoms with Crippen molar-refractivity contribution in [2.75, 3.05) is 6.54 Å². The number of benzene rings is 1. The highest BCUT2D eigenvalue weighted by atomic mass is 19.1. The van der Waals surface area contributed by atoms with Crippen LogP contribution in [0.5, 0.6) is 0 Å². The van der Waals surface area contributed by atoms with Crippen molar-refractivity contribution in [1.29, 1.82) is 0 Å². The van der Waals surface area contributed by atoms with Crippen molar-refractivity contribution in [3.8, 4) is 0 Å². The van der Waals surface area contributed by atoms with E-state index < -0.39 is 35.3 Å². The van der Waals surface area contributed by atoms with Crippen molar-refractivity contribution in [2.24, 2.45) is 0 Å². The molecule has 116 valence electrons. The van der Waals surface area contributed by atoms with E-state index in [0.717, 1.165) is 31.4 Å². The first-order valence-corrected chi connectivity index (χ1v) is 7.04. The van der Waals surface area contributed by atoms with E-state index in [-0.39, 0.29) is 12.1 Å². The Balaban J connectivity index is 2.03. The molecule has 1 fully saturated rings. The summed E-state index contributed by atoms with van der Waals surface area (Å²) in [6, 6.07) is 1.77. The Morgan fingerprint density at radius 3 is 2.29 bits per heavy atom. The molecule has 0 aliphatic heterocycles. The molecule has 1 saturated carbocycles. The molecule has 0 aromatic heterocycles. The second-order valence-electron chi connectivity index (χ2n) is 5.54. The van der Waals surface area contributed by atoms with Crippen LogP contribution in [0.2, 0.25) is 0 Å². The highest BCUT2D eigenvalue weighted by Gasteiger charge is 2.29. The number of carbonyl (C=O) groups excluding carboxylic acids is 1. The zero-order valence-corrected chi connectivity index (χ0v) is 11.7. The predicted octanol–water partition coefficient (Wildman–Crippen LogP) is 1.88. The van der Waals surface area contributed by atoms with E-state index in [1.165, 1.54) is 0 Å². The maximum atomic E-state index is 13.5. The smallest absolute Gasteiger partial charge is 0.251 e. The molecule has 0 heterocycles. The van der Waals surface area contributed by atoms with Crippen molar-refractivity contribution in [3.05, 3.63) is 34.9 Å². The van der Waals surface area contributed by atoms with Crippen molar-refractivity contribution >= 4 is 5.91 Å². The Morgan fingerprint density at radius 1 is 1.19 bits per heavy atom. The SMILES string of the molecule is O=C(NCC1(O)CCCCC1)c1cc(F)c(CO)c(F)c1. The third-order valence-electron chi connectivity index (χ3n) is 3.92. The van der Waals surface area contributed by atoms with Crippen LogP contribution in [-0.4, -0.2) is 28.3 Å². The van der Waals surface area contributed by atoms with Gasteiger partial charge in [-0.25, -0.2) is 8.78 Å². The molecule has 0 spiro atoms. The van der Waals surface area contributed by atoms with E-state index in [0.29, 0.717) is 12.8 Å². The summed E-state index contributed by atoms with van der Waals surface area (Å²) in [4.78, 5) is 11.9. The Kier molecular flexibility index (Phi) is 4.90. The Bertz CT molecular complexity index is 505. The van der Waals surface area contributed by atoms with Crippen LogP contribution in [0.4, 0.5) is 8.78 Å². The summed E-state index contributed by atoms with van der Waals surface area (Å²) in [5.74, 6) is -2.56. The standard InChI is InChI=1S/C15H19F2NO3/c16-12-6-10(7-13(17)11(12)8-19)14(20)18-9-15(21)4-2-1-3-5-15/h6-7,19,21H,1-5,8-9H2,(H,18,20). The number of amides is 1. The van der Waals surface area contributed by atoms with E-state index in [1.54, 1.807) is 0 Å². The van der Waals surface area contributed by atoms with Crippen molar-refractivity contribution in [1.82, 2.24) is 5.32 Å². The molecule has 0 atom stereocenters. The quantitative estimate of drug-likeness (QED) is 0.795. The van der Waals surface area contributed by atoms with E-state index in [9.17, 15) is 18.7 Å². The summed E-state index contributed by atoms with van der Waals surface area (Å²) >= 11 is 0. The zero-order valence-electron chi connectivity index (χ0n) is 11.7. The summed E-state index contributed by atoms with van der Waals surface area (Å²) < 4.78 is 27.0. The van der Waals surface area contributed by atoms with E-state index >= 15 is 0 Å². The lowest BCUT2D eigenvalue weighted by molar-refractivity contribution is 0.00525. The first-order valence-electron chi connectivity index (χ1n) is 7.04. The number of halogens is 2. The van der Waals surface area contributed by atoms with Gasteiger partial charge < -0.3 is 15.5 Å². The molecule has 4 nitrogen and oxygen atoms in total. The van der Waals surface area contributed by atoms with Gasteiger partial charge in [0.25, 0.3) is 5.91 Å². The van der Waals surface area contributed by atoms with Crippen molar-refractivity contribution < 1.29 is 23.8 Å². The molecule has 1 aromatic carbocycles. The minimum Gasteiger partial charge on any atom is -0.391 e. The molecule has 1 amide bonds. The van der Waals surface area contributed by atoms with Crippen molar-refractivity contribution in [3.63, 3.8) is 0 Å². The van der Waals surface area contributed by atoms with Gasteiger partial charge in [0, 0.05) is 17.7 Å². The highest BCUT2D eigenvalue weighted by molar-refractivity contribution is 5.94. The minimum atomic E-state index is -0.959. The molecular weight excluding hydrogens is 280 g/mol. The molecule has 0 radical (unpaired) electrons. The summed E-state index contributed by atoms with van der Waals surface area (Å²) in [6.07, 6.45) is 4.09. The van der Waals surface area contributed by atoms with Gasteiger partial charge in [-0.2, -0.15) is 0 Å². The predicted molar refractivity (Wildman–Crippen MR) is 72.6 cm³/mol. The number of aliphatic hydroxyl groups is 2. The average Bonchev–Trinajstić information content (AvgIpc) is 2.45. The fourth-order valence-electron chi connectivity index (χ4n) is 2.62. The number of carbonyl (C=O) groups is 1. The van der Waals surface area contributed by atoms with Gasteiger partial charge in [0.1, 0.15) is 11.6 Å². The van der Waals surface area contributed by atoms with Crippen LogP contribution in [0.1, 0.15) is 48.0 Å². The van der Waals surface area contributed by atoms with Gasteiger partial charge in [-0.15, -0.1) is 0 Å². The fraction of sp³-hybridized carbons (Fsp3) is 0.533. The maximum Gasteiger partial charge on any atom is 0.251 e. The second-order valence-corrected chi connectivity index (χ2v) is 5.54. The number of rotatable bonds is 4. The first kappa shape index (κ1) is 15.9. The van der Waals surface area contributed by atoms with Gasteiger partial charge in [0.2, 0.25) is 0 Å². The lowest BCUT2D eigenvalue weighted by atomic mass is 9.85. The topological polar surface area (TPSA) is 69.6 Å². The molecule has 1 aliphatic rings. The maximum absolute atomic E-state index is 13.5. The largest absolute Gasteiger partial charge is 0.391 e. The average molecular weight is 299 g/mol. The van der Waals surface area contributed by atoms with E-state index in [4.69, 9.17) is 5.11 Å². The number of aliphatic hydroxyl groups excluding tert-OH is 1. The van der Waals surface area contributed by atoms with Crippen LogP contribution in [0.15, 0.2) is 12.1 Å². The summed E-state index contributed by atoms with van der Waals surface area (Å²) in [6.45, 7) is -0.698. The van der Waals surface area contributed by atoms with Gasteiger partial charge in [-0.05, 0) is 25.0 Å². The monoisotopic (exact) mass is 299 g/mol. The Labute approximate surface area is 121 Å². The van der Waals surface area contributed by atoms with Crippen LogP contribution in [0.3, 0.4) is 0 Å². The molecule has 1 aliphatic carbocycles. The molecule has 1 aromatic rings. The minimum absolute atomic E-state index is 0.0663. The van der Waals surface area contributed by atoms with Gasteiger partial charge >= 0.3 is 0 Å². The highest BCUT2D eigenvalue weighted by Crippen LogP contribution is 2.27. The lowest BCUT2D eigenvalue weighted by Gasteiger charge is -2.32. The number of hydrogen-bond donors (Lipinski definition) is 3. The van der Waals surface area contributed by atoms with Gasteiger partial charge in [0.15, 0.2) is 0 Å². The molecule has 0 unspecified atom stereocenters. The Morgan fingerprint density at radius 2 is 1.76 bits per heavy atom. The number of hydrogen-bond acceptors (Lipinski definition) is 3. The van der Waals surface area contributed by atoms with Crippen LogP contribution in [0.25, 0.3) is 0 Å². The van der Waals surface area contributed by atoms with Crippen LogP contribution in [-0.2, 0) is 6.61 Å². The van der Waals surface area contributed by atoms with Gasteiger partial charge in [-0.3, -0.25) is 4.79 Å². The molecule has 6 heteroatoms. The van der Waals surface area contributed by atoms with Gasteiger partial charge in [0.05, 0.1) is 12.2 Å². The molecule has 2 rings (SSSR count). The van der Waals surface area contributed by atoms with Crippen LogP contribution < -0.4 is 5.32 Å². The summed E-state index contributed by atoms with van der Waals surface area (Å²) in [7, 11) is 0. The summed E-state index contributed by atoms with van der Waals surface area (Å²) in [5.41, 5.74) is -1.56. The molecule has 0 saturated heterocycles. The molecule has 21 heavy (non-hydrogen) atoms. The molecule has 0 bridgehead atoms. The molecule has 3 N–H and O–H groups in total. The number of nitrogens with one attached hydrogen (secondary N) is 1. The normalized spacial score (nSPS) is 17.5. The van der Waals surface area contributed by atoms with Crippen LogP contribution >= 0.6 is 0 Å². The Hall–Kier alpha value is -1.53. The van der Waals surface area contributed by atoms with E-state index in [2.05, 4.69) is 5.32 Å².